The zero-order valence-electron chi connectivity index (χ0n) is 13.3. The molecular formula is C16H19ClN4O2. The Labute approximate surface area is 139 Å². The minimum atomic E-state index is -0.286. The average molecular weight is 335 g/mol. The lowest BCUT2D eigenvalue weighted by atomic mass is 10.3. The Morgan fingerprint density at radius 3 is 2.87 bits per heavy atom. The van der Waals surface area contributed by atoms with E-state index >= 15 is 0 Å². The molecular weight excluding hydrogens is 316 g/mol. The Morgan fingerprint density at radius 2 is 2.17 bits per heavy atom. The second-order valence-corrected chi connectivity index (χ2v) is 5.82. The van der Waals surface area contributed by atoms with Crippen molar-refractivity contribution in [3.63, 3.8) is 0 Å². The summed E-state index contributed by atoms with van der Waals surface area (Å²) < 4.78 is 1.79. The van der Waals surface area contributed by atoms with Crippen LogP contribution in [0, 0.1) is 0 Å². The highest BCUT2D eigenvalue weighted by atomic mass is 35.5. The van der Waals surface area contributed by atoms with E-state index in [0.717, 1.165) is 0 Å². The van der Waals surface area contributed by atoms with Crippen LogP contribution in [0.5, 0.6) is 0 Å². The molecule has 1 N–H and O–H groups in total. The second-order valence-electron chi connectivity index (χ2n) is 5.47. The van der Waals surface area contributed by atoms with Crippen molar-refractivity contribution in [2.75, 3.05) is 13.6 Å². The number of hydrogen-bond donors (Lipinski definition) is 1. The Balaban J connectivity index is 2.08. The Kier molecular flexibility index (Phi) is 5.39. The van der Waals surface area contributed by atoms with Gasteiger partial charge in [-0.05, 0) is 32.1 Å². The summed E-state index contributed by atoms with van der Waals surface area (Å²) in [6, 6.07) is 5.58. The van der Waals surface area contributed by atoms with Crippen LogP contribution in [-0.4, -0.2) is 45.7 Å². The summed E-state index contributed by atoms with van der Waals surface area (Å²) in [5, 5.41) is 3.06. The SMILES string of the molecule is CC(C)NC(=O)CN(C)C(=O)/C=C/c1c(Cl)nc2ccccn12. The molecule has 7 heteroatoms. The van der Waals surface area contributed by atoms with Crippen molar-refractivity contribution in [3.05, 3.63) is 41.3 Å². The number of hydrogen-bond acceptors (Lipinski definition) is 3. The van der Waals surface area contributed by atoms with Crippen molar-refractivity contribution in [2.24, 2.45) is 0 Å². The van der Waals surface area contributed by atoms with Gasteiger partial charge in [-0.15, -0.1) is 0 Å². The molecule has 0 saturated heterocycles. The van der Waals surface area contributed by atoms with Crippen molar-refractivity contribution in [3.8, 4) is 0 Å². The standard InChI is InChI=1S/C16H19ClN4O2/c1-11(2)18-14(22)10-20(3)15(23)8-7-12-16(17)19-13-6-4-5-9-21(12)13/h4-9,11H,10H2,1-3H3,(H,18,22)/b8-7+. The third-order valence-corrected chi connectivity index (χ3v) is 3.39. The summed E-state index contributed by atoms with van der Waals surface area (Å²) in [5.41, 5.74) is 1.32. The van der Waals surface area contributed by atoms with Crippen molar-refractivity contribution in [1.82, 2.24) is 19.6 Å². The first-order chi connectivity index (χ1) is 10.9. The van der Waals surface area contributed by atoms with Gasteiger partial charge in [-0.3, -0.25) is 14.0 Å². The highest BCUT2D eigenvalue weighted by molar-refractivity contribution is 6.31. The van der Waals surface area contributed by atoms with E-state index in [2.05, 4.69) is 10.3 Å². The second kappa shape index (κ2) is 7.28. The van der Waals surface area contributed by atoms with Gasteiger partial charge >= 0.3 is 0 Å². The van der Waals surface area contributed by atoms with Gasteiger partial charge in [-0.1, -0.05) is 17.7 Å². The molecule has 0 fully saturated rings. The minimum absolute atomic E-state index is 0.00222. The number of halogens is 1. The van der Waals surface area contributed by atoms with E-state index in [-0.39, 0.29) is 24.4 Å². The number of aromatic nitrogens is 2. The Morgan fingerprint density at radius 1 is 1.43 bits per heavy atom. The van der Waals surface area contributed by atoms with E-state index < -0.39 is 0 Å². The number of imidazole rings is 1. The maximum absolute atomic E-state index is 12.1. The number of carbonyl (C=O) groups is 2. The number of nitrogens with one attached hydrogen (secondary N) is 1. The molecule has 0 bridgehead atoms. The molecule has 0 aliphatic carbocycles. The van der Waals surface area contributed by atoms with Crippen LogP contribution in [0.4, 0.5) is 0 Å². The summed E-state index contributed by atoms with van der Waals surface area (Å²) in [4.78, 5) is 29.3. The molecule has 0 unspecified atom stereocenters. The molecule has 0 spiro atoms. The molecule has 2 aromatic rings. The molecule has 0 aromatic carbocycles. The van der Waals surface area contributed by atoms with Gasteiger partial charge in [0.1, 0.15) is 5.65 Å². The zero-order chi connectivity index (χ0) is 17.0. The normalized spacial score (nSPS) is 11.3. The van der Waals surface area contributed by atoms with Crippen LogP contribution in [0.15, 0.2) is 30.5 Å². The van der Waals surface area contributed by atoms with Crippen molar-refractivity contribution >= 4 is 35.1 Å². The Hall–Kier alpha value is -2.34. The number of likely N-dealkylation sites (N-methyl/N-ethyl adjacent to an activating group) is 1. The minimum Gasteiger partial charge on any atom is -0.352 e. The molecule has 0 aliphatic heterocycles. The average Bonchev–Trinajstić information content (AvgIpc) is 2.79. The Bertz CT molecular complexity index is 752. The number of nitrogens with zero attached hydrogens (tertiary/aromatic N) is 3. The predicted octanol–water partition coefficient (Wildman–Crippen LogP) is 1.98. The number of fused-ring (bicyclic) bond motifs is 1. The fraction of sp³-hybridized carbons (Fsp3) is 0.312. The molecule has 6 nitrogen and oxygen atoms in total. The van der Waals surface area contributed by atoms with E-state index in [4.69, 9.17) is 11.6 Å². The first-order valence-electron chi connectivity index (χ1n) is 7.23. The maximum atomic E-state index is 12.1. The van der Waals surface area contributed by atoms with Crippen LogP contribution in [0.1, 0.15) is 19.5 Å². The fourth-order valence-corrected chi connectivity index (χ4v) is 2.31. The van der Waals surface area contributed by atoms with Gasteiger partial charge in [0, 0.05) is 25.4 Å². The van der Waals surface area contributed by atoms with Crippen LogP contribution in [0.25, 0.3) is 11.7 Å². The highest BCUT2D eigenvalue weighted by Crippen LogP contribution is 2.18. The van der Waals surface area contributed by atoms with Gasteiger partial charge in [0.25, 0.3) is 0 Å². The zero-order valence-corrected chi connectivity index (χ0v) is 14.0. The summed E-state index contributed by atoms with van der Waals surface area (Å²) in [7, 11) is 1.57. The molecule has 2 heterocycles. The number of rotatable bonds is 5. The van der Waals surface area contributed by atoms with E-state index in [1.165, 1.54) is 11.0 Å². The van der Waals surface area contributed by atoms with Gasteiger partial charge in [0.05, 0.1) is 12.2 Å². The summed E-state index contributed by atoms with van der Waals surface area (Å²) in [5.74, 6) is -0.483. The highest BCUT2D eigenvalue weighted by Gasteiger charge is 2.12. The molecule has 0 atom stereocenters. The van der Waals surface area contributed by atoms with Crippen molar-refractivity contribution in [1.29, 1.82) is 0 Å². The van der Waals surface area contributed by atoms with Gasteiger partial charge < -0.3 is 10.2 Å². The molecule has 122 valence electrons. The number of carbonyl (C=O) groups excluding carboxylic acids is 2. The van der Waals surface area contributed by atoms with Crippen LogP contribution in [0.2, 0.25) is 5.15 Å². The van der Waals surface area contributed by atoms with Crippen LogP contribution in [-0.2, 0) is 9.59 Å². The monoisotopic (exact) mass is 334 g/mol. The van der Waals surface area contributed by atoms with Crippen LogP contribution < -0.4 is 5.32 Å². The summed E-state index contributed by atoms with van der Waals surface area (Å²) in [6.07, 6.45) is 4.80. The molecule has 2 aromatic heterocycles. The summed E-state index contributed by atoms with van der Waals surface area (Å²) in [6.45, 7) is 3.74. The summed E-state index contributed by atoms with van der Waals surface area (Å²) >= 11 is 6.10. The number of amides is 2. The fourth-order valence-electron chi connectivity index (χ4n) is 2.07. The van der Waals surface area contributed by atoms with Crippen LogP contribution >= 0.6 is 11.6 Å². The predicted molar refractivity (Wildman–Crippen MR) is 90.2 cm³/mol. The quantitative estimate of drug-likeness (QED) is 0.850. The van der Waals surface area contributed by atoms with E-state index in [0.29, 0.717) is 16.5 Å². The lowest BCUT2D eigenvalue weighted by molar-refractivity contribution is -0.131. The van der Waals surface area contributed by atoms with Crippen molar-refractivity contribution < 1.29 is 9.59 Å². The molecule has 2 rings (SSSR count). The van der Waals surface area contributed by atoms with E-state index in [1.807, 2.05) is 38.2 Å². The lowest BCUT2D eigenvalue weighted by Crippen LogP contribution is -2.40. The van der Waals surface area contributed by atoms with Crippen molar-refractivity contribution in [2.45, 2.75) is 19.9 Å². The van der Waals surface area contributed by atoms with Crippen LogP contribution in [0.3, 0.4) is 0 Å². The van der Waals surface area contributed by atoms with Gasteiger partial charge in [-0.2, -0.15) is 0 Å². The topological polar surface area (TPSA) is 66.7 Å². The molecule has 2 amide bonds. The first-order valence-corrected chi connectivity index (χ1v) is 7.61. The molecule has 0 aliphatic rings. The maximum Gasteiger partial charge on any atom is 0.246 e. The van der Waals surface area contributed by atoms with Gasteiger partial charge in [-0.25, -0.2) is 4.98 Å². The number of pyridine rings is 1. The first kappa shape index (κ1) is 17.0. The third kappa shape index (κ3) is 4.32. The lowest BCUT2D eigenvalue weighted by Gasteiger charge is -2.16. The van der Waals surface area contributed by atoms with E-state index in [9.17, 15) is 9.59 Å². The molecule has 23 heavy (non-hydrogen) atoms. The third-order valence-electron chi connectivity index (χ3n) is 3.11. The van der Waals surface area contributed by atoms with Gasteiger partial charge in [0.15, 0.2) is 5.15 Å². The molecule has 0 radical (unpaired) electrons. The largest absolute Gasteiger partial charge is 0.352 e. The smallest absolute Gasteiger partial charge is 0.246 e. The molecule has 0 saturated carbocycles. The van der Waals surface area contributed by atoms with E-state index in [1.54, 1.807) is 17.5 Å². The van der Waals surface area contributed by atoms with Gasteiger partial charge in [0.2, 0.25) is 11.8 Å².